The summed E-state index contributed by atoms with van der Waals surface area (Å²) in [6, 6.07) is 0. The van der Waals surface area contributed by atoms with Gasteiger partial charge in [0, 0.05) is 0 Å². The summed E-state index contributed by atoms with van der Waals surface area (Å²) in [5.74, 6) is -1.49. The first-order valence-corrected chi connectivity index (χ1v) is 4.77. The van der Waals surface area contributed by atoms with Crippen LogP contribution in [0.3, 0.4) is 0 Å². The summed E-state index contributed by atoms with van der Waals surface area (Å²) < 4.78 is 25.2. The van der Waals surface area contributed by atoms with Gasteiger partial charge in [-0.3, -0.25) is 0 Å². The highest BCUT2D eigenvalue weighted by molar-refractivity contribution is 9.11. The van der Waals surface area contributed by atoms with E-state index in [-0.39, 0.29) is 13.7 Å². The Kier molecular flexibility index (Phi) is 2.99. The molecule has 0 saturated carbocycles. The molecule has 1 heterocycles. The van der Waals surface area contributed by atoms with E-state index in [9.17, 15) is 8.78 Å². The largest absolute Gasteiger partial charge is 0.228 e. The lowest BCUT2D eigenvalue weighted by Gasteiger charge is -1.99. The molecular weight excluding hydrogens is 352 g/mol. The van der Waals surface area contributed by atoms with Gasteiger partial charge in [0.15, 0.2) is 11.6 Å². The number of aromatic nitrogens is 1. The molecule has 0 fully saturated rings. The van der Waals surface area contributed by atoms with Crippen molar-refractivity contribution < 1.29 is 8.78 Å². The summed E-state index contributed by atoms with van der Waals surface area (Å²) >= 11 is 8.37. The number of hydrogen-bond acceptors (Lipinski definition) is 1. The van der Waals surface area contributed by atoms with Crippen LogP contribution >= 0.6 is 47.8 Å². The van der Waals surface area contributed by atoms with Crippen molar-refractivity contribution in [2.24, 2.45) is 0 Å². The van der Waals surface area contributed by atoms with Gasteiger partial charge >= 0.3 is 0 Å². The Balaban J connectivity index is 3.46. The first kappa shape index (κ1) is 9.54. The minimum Gasteiger partial charge on any atom is -0.228 e. The van der Waals surface area contributed by atoms with E-state index in [1.165, 1.54) is 0 Å². The van der Waals surface area contributed by atoms with Gasteiger partial charge in [-0.2, -0.15) is 0 Å². The Morgan fingerprint density at radius 3 is 1.64 bits per heavy atom. The second-order valence-electron chi connectivity index (χ2n) is 1.64. The van der Waals surface area contributed by atoms with Crippen LogP contribution in [0.5, 0.6) is 0 Å². The summed E-state index contributed by atoms with van der Waals surface area (Å²) in [6.45, 7) is 0. The molecule has 0 spiro atoms. The van der Waals surface area contributed by atoms with Gasteiger partial charge in [0.25, 0.3) is 0 Å². The predicted octanol–water partition coefficient (Wildman–Crippen LogP) is 3.65. The van der Waals surface area contributed by atoms with Crippen molar-refractivity contribution in [2.75, 3.05) is 0 Å². The summed E-state index contributed by atoms with van der Waals surface area (Å²) in [5.41, 5.74) is 0. The van der Waals surface area contributed by atoms with Crippen molar-refractivity contribution >= 4 is 47.8 Å². The zero-order valence-electron chi connectivity index (χ0n) is 4.84. The molecule has 1 aromatic heterocycles. The fraction of sp³-hybridized carbons (Fsp3) is 0. The average Bonchev–Trinajstić information content (AvgIpc) is 1.97. The SMILES string of the molecule is Fc1c(Br)nc(Br)c(F)c1Br. The van der Waals surface area contributed by atoms with Crippen molar-refractivity contribution in [2.45, 2.75) is 0 Å². The summed E-state index contributed by atoms with van der Waals surface area (Å²) in [5, 5.41) is 0. The molecule has 0 amide bonds. The number of nitrogens with zero attached hydrogens (tertiary/aromatic N) is 1. The Bertz CT molecular complexity index is 276. The van der Waals surface area contributed by atoms with E-state index in [1.54, 1.807) is 0 Å². The molecule has 0 unspecified atom stereocenters. The molecule has 0 aromatic carbocycles. The third-order valence-electron chi connectivity index (χ3n) is 0.944. The van der Waals surface area contributed by atoms with Gasteiger partial charge in [0.05, 0.1) is 4.47 Å². The zero-order valence-corrected chi connectivity index (χ0v) is 9.60. The van der Waals surface area contributed by atoms with Crippen LogP contribution in [0.4, 0.5) is 8.78 Å². The first-order valence-electron chi connectivity index (χ1n) is 2.39. The fourth-order valence-electron chi connectivity index (χ4n) is 0.462. The molecule has 0 atom stereocenters. The molecule has 11 heavy (non-hydrogen) atoms. The van der Waals surface area contributed by atoms with Crippen molar-refractivity contribution in [3.8, 4) is 0 Å². The van der Waals surface area contributed by atoms with Gasteiger partial charge in [0.2, 0.25) is 0 Å². The van der Waals surface area contributed by atoms with Crippen molar-refractivity contribution in [3.63, 3.8) is 0 Å². The molecule has 1 rings (SSSR count). The zero-order chi connectivity index (χ0) is 8.59. The Hall–Kier alpha value is 0.450. The summed E-state index contributed by atoms with van der Waals surface area (Å²) in [6.07, 6.45) is 0. The molecule has 0 aliphatic rings. The van der Waals surface area contributed by atoms with E-state index in [2.05, 4.69) is 52.8 Å². The van der Waals surface area contributed by atoms with Crippen LogP contribution in [-0.2, 0) is 0 Å². The third-order valence-corrected chi connectivity index (χ3v) is 2.69. The topological polar surface area (TPSA) is 12.9 Å². The highest BCUT2D eigenvalue weighted by Crippen LogP contribution is 2.28. The lowest BCUT2D eigenvalue weighted by atomic mass is 10.5. The van der Waals surface area contributed by atoms with Crippen LogP contribution in [0.1, 0.15) is 0 Å². The normalized spacial score (nSPS) is 10.3. The molecule has 0 radical (unpaired) electrons. The second kappa shape index (κ2) is 3.45. The minimum absolute atomic E-state index is 0.0300. The van der Waals surface area contributed by atoms with Crippen molar-refractivity contribution in [1.82, 2.24) is 4.98 Å². The van der Waals surface area contributed by atoms with Gasteiger partial charge in [-0.1, -0.05) is 0 Å². The monoisotopic (exact) mass is 349 g/mol. The summed E-state index contributed by atoms with van der Waals surface area (Å²) in [4.78, 5) is 3.49. The third kappa shape index (κ3) is 1.78. The lowest BCUT2D eigenvalue weighted by molar-refractivity contribution is 0.549. The molecule has 60 valence electrons. The van der Waals surface area contributed by atoms with Crippen molar-refractivity contribution in [1.29, 1.82) is 0 Å². The second-order valence-corrected chi connectivity index (χ2v) is 3.93. The maximum atomic E-state index is 12.8. The predicted molar refractivity (Wildman–Crippen MR) is 47.3 cm³/mol. The van der Waals surface area contributed by atoms with E-state index in [0.717, 1.165) is 0 Å². The van der Waals surface area contributed by atoms with Gasteiger partial charge in [-0.25, -0.2) is 13.8 Å². The molecule has 1 nitrogen and oxygen atoms in total. The molecular formula is C5Br3F2N. The number of rotatable bonds is 0. The standard InChI is InChI=1S/C5Br3F2N/c6-1-2(9)4(7)11-5(8)3(1)10. The molecule has 0 N–H and O–H groups in total. The average molecular weight is 352 g/mol. The quantitative estimate of drug-likeness (QED) is 0.650. The van der Waals surface area contributed by atoms with Crippen LogP contribution in [0.25, 0.3) is 0 Å². The van der Waals surface area contributed by atoms with Gasteiger partial charge < -0.3 is 0 Å². The van der Waals surface area contributed by atoms with E-state index in [1.807, 2.05) is 0 Å². The number of pyridine rings is 1. The van der Waals surface area contributed by atoms with Crippen LogP contribution in [0.15, 0.2) is 13.7 Å². The van der Waals surface area contributed by atoms with Crippen LogP contribution in [0, 0.1) is 11.6 Å². The Morgan fingerprint density at radius 1 is 0.909 bits per heavy atom. The maximum absolute atomic E-state index is 12.8. The van der Waals surface area contributed by atoms with Gasteiger partial charge in [0.1, 0.15) is 9.21 Å². The van der Waals surface area contributed by atoms with Gasteiger partial charge in [-0.05, 0) is 47.8 Å². The molecule has 0 aliphatic carbocycles. The lowest BCUT2D eigenvalue weighted by Crippen LogP contribution is -1.92. The highest BCUT2D eigenvalue weighted by Gasteiger charge is 2.14. The van der Waals surface area contributed by atoms with Crippen LogP contribution < -0.4 is 0 Å². The molecule has 0 bridgehead atoms. The van der Waals surface area contributed by atoms with E-state index < -0.39 is 11.6 Å². The van der Waals surface area contributed by atoms with E-state index in [0.29, 0.717) is 0 Å². The maximum Gasteiger partial charge on any atom is 0.173 e. The first-order chi connectivity index (χ1) is 5.04. The highest BCUT2D eigenvalue weighted by atomic mass is 79.9. The smallest absolute Gasteiger partial charge is 0.173 e. The van der Waals surface area contributed by atoms with Gasteiger partial charge in [-0.15, -0.1) is 0 Å². The molecule has 0 aliphatic heterocycles. The Morgan fingerprint density at radius 2 is 1.27 bits per heavy atom. The Labute approximate surface area is 86.6 Å². The fourth-order valence-corrected chi connectivity index (χ4v) is 2.36. The van der Waals surface area contributed by atoms with E-state index >= 15 is 0 Å². The molecule has 6 heteroatoms. The summed E-state index contributed by atoms with van der Waals surface area (Å²) in [7, 11) is 0. The van der Waals surface area contributed by atoms with E-state index in [4.69, 9.17) is 0 Å². The number of halogens is 5. The minimum atomic E-state index is -0.745. The van der Waals surface area contributed by atoms with Crippen LogP contribution in [0.2, 0.25) is 0 Å². The van der Waals surface area contributed by atoms with Crippen LogP contribution in [-0.4, -0.2) is 4.98 Å². The van der Waals surface area contributed by atoms with Crippen molar-refractivity contribution in [3.05, 3.63) is 25.3 Å². The molecule has 1 aromatic rings. The molecule has 0 saturated heterocycles. The number of hydrogen-bond donors (Lipinski definition) is 0.